The van der Waals surface area contributed by atoms with Gasteiger partial charge in [-0.15, -0.1) is 0 Å². The summed E-state index contributed by atoms with van der Waals surface area (Å²) in [7, 11) is 1.62. The van der Waals surface area contributed by atoms with Crippen LogP contribution in [0.2, 0.25) is 0 Å². The number of hydrogen-bond donors (Lipinski definition) is 0. The fourth-order valence-corrected chi connectivity index (χ4v) is 6.01. The summed E-state index contributed by atoms with van der Waals surface area (Å²) in [6.45, 7) is 3.92. The molecule has 0 spiro atoms. The van der Waals surface area contributed by atoms with Crippen LogP contribution in [0.25, 0.3) is 16.7 Å². The maximum Gasteiger partial charge on any atom is 0.270 e. The van der Waals surface area contributed by atoms with Crippen LogP contribution < -0.4 is 10.3 Å². The highest BCUT2D eigenvalue weighted by molar-refractivity contribution is 5.98. The molecule has 2 saturated heterocycles. The zero-order valence-corrected chi connectivity index (χ0v) is 22.7. The van der Waals surface area contributed by atoms with Gasteiger partial charge >= 0.3 is 0 Å². The number of benzene rings is 1. The molecule has 0 radical (unpaired) electrons. The number of halogens is 1. The highest BCUT2D eigenvalue weighted by atomic mass is 19.1. The number of methoxy groups -OCH3 is 1. The van der Waals surface area contributed by atoms with Crippen molar-refractivity contribution in [2.45, 2.75) is 44.4 Å². The molecule has 3 aromatic heterocycles. The molecule has 9 nitrogen and oxygen atoms in total. The van der Waals surface area contributed by atoms with Crippen LogP contribution in [-0.2, 0) is 11.3 Å². The van der Waals surface area contributed by atoms with E-state index in [0.29, 0.717) is 60.4 Å². The van der Waals surface area contributed by atoms with Gasteiger partial charge < -0.3 is 18.9 Å². The van der Waals surface area contributed by atoms with Crippen molar-refractivity contribution in [1.29, 1.82) is 0 Å². The number of hydrogen-bond acceptors (Lipinski definition) is 6. The average molecular weight is 548 g/mol. The molecule has 0 atom stereocenters. The SMILES string of the molecule is COCCn1c(C(=O)N2CCC(N3CCC(Oc4ccccc4F)CC3)CC2)cc2c(=O)n3ccccc3nc21. The van der Waals surface area contributed by atoms with Gasteiger partial charge in [0.1, 0.15) is 23.1 Å². The van der Waals surface area contributed by atoms with Crippen molar-refractivity contribution in [3.8, 4) is 5.75 Å². The fraction of sp³-hybridized carbons (Fsp3) is 0.433. The first-order chi connectivity index (χ1) is 19.5. The summed E-state index contributed by atoms with van der Waals surface area (Å²) in [6.07, 6.45) is 5.17. The van der Waals surface area contributed by atoms with E-state index in [2.05, 4.69) is 4.90 Å². The summed E-state index contributed by atoms with van der Waals surface area (Å²) >= 11 is 0. The van der Waals surface area contributed by atoms with Gasteiger partial charge in [0.2, 0.25) is 0 Å². The molecule has 2 aliphatic heterocycles. The van der Waals surface area contributed by atoms with Gasteiger partial charge in [-0.05, 0) is 56.0 Å². The molecule has 0 aliphatic carbocycles. The summed E-state index contributed by atoms with van der Waals surface area (Å²) in [4.78, 5) is 36.0. The van der Waals surface area contributed by atoms with Crippen LogP contribution in [0.15, 0.2) is 59.5 Å². The molecule has 4 aromatic rings. The molecule has 210 valence electrons. The van der Waals surface area contributed by atoms with Crippen molar-refractivity contribution in [1.82, 2.24) is 23.8 Å². The normalized spacial score (nSPS) is 17.6. The predicted molar refractivity (Wildman–Crippen MR) is 149 cm³/mol. The Bertz CT molecular complexity index is 1570. The quantitative estimate of drug-likeness (QED) is 0.352. The van der Waals surface area contributed by atoms with Crippen molar-refractivity contribution in [3.05, 3.63) is 76.6 Å². The molecule has 40 heavy (non-hydrogen) atoms. The van der Waals surface area contributed by atoms with Gasteiger partial charge in [0.25, 0.3) is 11.5 Å². The number of ether oxygens (including phenoxy) is 2. The van der Waals surface area contributed by atoms with E-state index in [4.69, 9.17) is 14.5 Å². The van der Waals surface area contributed by atoms with E-state index in [9.17, 15) is 14.0 Å². The lowest BCUT2D eigenvalue weighted by Gasteiger charge is -2.41. The first-order valence-corrected chi connectivity index (χ1v) is 14.0. The second-order valence-electron chi connectivity index (χ2n) is 10.6. The molecular formula is C30H34FN5O4. The molecule has 2 fully saturated rings. The summed E-state index contributed by atoms with van der Waals surface area (Å²) in [5.74, 6) is -0.0859. The van der Waals surface area contributed by atoms with E-state index in [0.717, 1.165) is 38.8 Å². The molecule has 10 heteroatoms. The first-order valence-electron chi connectivity index (χ1n) is 14.0. The Morgan fingerprint density at radius 2 is 1.77 bits per heavy atom. The molecule has 6 rings (SSSR count). The molecule has 2 aliphatic rings. The number of rotatable bonds is 7. The third-order valence-corrected chi connectivity index (χ3v) is 8.19. The van der Waals surface area contributed by atoms with E-state index >= 15 is 0 Å². The number of aromatic nitrogens is 3. The van der Waals surface area contributed by atoms with Gasteiger partial charge in [-0.1, -0.05) is 18.2 Å². The monoisotopic (exact) mass is 547 g/mol. The number of carbonyl (C=O) groups excluding carboxylic acids is 1. The first kappa shape index (κ1) is 26.5. The Hall–Kier alpha value is -3.76. The smallest absolute Gasteiger partial charge is 0.270 e. The third kappa shape index (κ3) is 5.09. The zero-order chi connectivity index (χ0) is 27.6. The van der Waals surface area contributed by atoms with E-state index in [1.807, 2.05) is 15.5 Å². The second kappa shape index (κ2) is 11.4. The lowest BCUT2D eigenvalue weighted by atomic mass is 9.98. The number of fused-ring (bicyclic) bond motifs is 2. The molecule has 0 bridgehead atoms. The van der Waals surface area contributed by atoms with Crippen LogP contribution in [0.5, 0.6) is 5.75 Å². The summed E-state index contributed by atoms with van der Waals surface area (Å²) in [6, 6.07) is 14.1. The highest BCUT2D eigenvalue weighted by Gasteiger charge is 2.32. The summed E-state index contributed by atoms with van der Waals surface area (Å²) < 4.78 is 28.5. The number of pyridine rings is 1. The minimum Gasteiger partial charge on any atom is -0.487 e. The molecule has 5 heterocycles. The maximum atomic E-state index is 14.0. The van der Waals surface area contributed by atoms with Crippen molar-refractivity contribution in [3.63, 3.8) is 0 Å². The van der Waals surface area contributed by atoms with Crippen LogP contribution in [0.1, 0.15) is 36.2 Å². The molecule has 0 N–H and O–H groups in total. The molecule has 1 aromatic carbocycles. The third-order valence-electron chi connectivity index (χ3n) is 8.19. The molecule has 0 unspecified atom stereocenters. The molecular weight excluding hydrogens is 513 g/mol. The predicted octanol–water partition coefficient (Wildman–Crippen LogP) is 3.58. The van der Waals surface area contributed by atoms with E-state index in [1.165, 1.54) is 10.5 Å². The Morgan fingerprint density at radius 1 is 1.02 bits per heavy atom. The van der Waals surface area contributed by atoms with Crippen molar-refractivity contribution in [2.24, 2.45) is 0 Å². The Balaban J connectivity index is 1.12. The van der Waals surface area contributed by atoms with Gasteiger partial charge in [-0.2, -0.15) is 0 Å². The van der Waals surface area contributed by atoms with Gasteiger partial charge in [-0.3, -0.25) is 18.9 Å². The van der Waals surface area contributed by atoms with E-state index in [1.54, 1.807) is 49.7 Å². The molecule has 0 saturated carbocycles. The topological polar surface area (TPSA) is 81.3 Å². The van der Waals surface area contributed by atoms with Crippen LogP contribution >= 0.6 is 0 Å². The number of para-hydroxylation sites is 1. The average Bonchev–Trinajstić information content (AvgIpc) is 3.36. The fourth-order valence-electron chi connectivity index (χ4n) is 6.01. The van der Waals surface area contributed by atoms with Crippen LogP contribution in [-0.4, -0.2) is 81.7 Å². The summed E-state index contributed by atoms with van der Waals surface area (Å²) in [5, 5.41) is 0.429. The second-order valence-corrected chi connectivity index (χ2v) is 10.6. The van der Waals surface area contributed by atoms with Crippen molar-refractivity contribution < 1.29 is 18.7 Å². The van der Waals surface area contributed by atoms with Crippen LogP contribution in [0, 0.1) is 5.82 Å². The van der Waals surface area contributed by atoms with Crippen LogP contribution in [0.4, 0.5) is 4.39 Å². The van der Waals surface area contributed by atoms with Crippen molar-refractivity contribution >= 4 is 22.6 Å². The van der Waals surface area contributed by atoms with Gasteiger partial charge in [0, 0.05) is 52.1 Å². The van der Waals surface area contributed by atoms with E-state index < -0.39 is 0 Å². The summed E-state index contributed by atoms with van der Waals surface area (Å²) in [5.41, 5.74) is 1.33. The number of carbonyl (C=O) groups is 1. The lowest BCUT2D eigenvalue weighted by molar-refractivity contribution is 0.0411. The van der Waals surface area contributed by atoms with Crippen LogP contribution in [0.3, 0.4) is 0 Å². The van der Waals surface area contributed by atoms with Gasteiger partial charge in [0.15, 0.2) is 11.6 Å². The Morgan fingerprint density at radius 3 is 2.52 bits per heavy atom. The highest BCUT2D eigenvalue weighted by Crippen LogP contribution is 2.26. The Labute approximate surface area is 231 Å². The Kier molecular flexibility index (Phi) is 7.53. The number of nitrogens with zero attached hydrogens (tertiary/aromatic N) is 5. The molecule has 1 amide bonds. The van der Waals surface area contributed by atoms with E-state index in [-0.39, 0.29) is 23.4 Å². The number of piperidine rings is 2. The number of amides is 1. The van der Waals surface area contributed by atoms with Crippen molar-refractivity contribution in [2.75, 3.05) is 39.9 Å². The zero-order valence-electron chi connectivity index (χ0n) is 22.7. The minimum atomic E-state index is -0.322. The lowest BCUT2D eigenvalue weighted by Crippen LogP contribution is -2.50. The minimum absolute atomic E-state index is 0.0122. The standard InChI is InChI=1S/C30H34FN5O4/c1-39-19-18-35-25(20-23-28(35)32-27-8-4-5-13-36(27)29(23)37)30(38)34-14-9-21(10-15-34)33-16-11-22(12-17-33)40-26-7-3-2-6-24(26)31/h2-8,13,20-22H,9-12,14-19H2,1H3. The van der Waals surface area contributed by atoms with Gasteiger partial charge in [0.05, 0.1) is 12.0 Å². The number of likely N-dealkylation sites (tertiary alicyclic amines) is 2. The van der Waals surface area contributed by atoms with Gasteiger partial charge in [-0.25, -0.2) is 9.37 Å². The largest absolute Gasteiger partial charge is 0.487 e. The maximum absolute atomic E-state index is 14.0.